The van der Waals surface area contributed by atoms with Crippen LogP contribution in [0.25, 0.3) is 0 Å². The molecular formula is C18H18ClNO6. The van der Waals surface area contributed by atoms with Gasteiger partial charge in [0.15, 0.2) is 13.2 Å². The molecule has 0 heterocycles. The zero-order valence-corrected chi connectivity index (χ0v) is 15.0. The molecule has 0 spiro atoms. The molecule has 2 aromatic rings. The second-order valence-electron chi connectivity index (χ2n) is 5.02. The minimum Gasteiger partial charge on any atom is -0.497 e. The number of carbonyl (C=O) groups excluding carboxylic acids is 2. The molecule has 0 radical (unpaired) electrons. The molecule has 2 rings (SSSR count). The first-order valence-electron chi connectivity index (χ1n) is 7.57. The Hall–Kier alpha value is -2.93. The van der Waals surface area contributed by atoms with Crippen LogP contribution in [0, 0.1) is 0 Å². The number of nitrogens with one attached hydrogen (secondary N) is 1. The largest absolute Gasteiger partial charge is 0.497 e. The highest BCUT2D eigenvalue weighted by Crippen LogP contribution is 2.28. The zero-order valence-electron chi connectivity index (χ0n) is 14.3. The van der Waals surface area contributed by atoms with Gasteiger partial charge in [-0.3, -0.25) is 4.79 Å². The molecule has 0 aromatic heterocycles. The number of halogens is 1. The van der Waals surface area contributed by atoms with Crippen molar-refractivity contribution < 1.29 is 28.5 Å². The van der Waals surface area contributed by atoms with Crippen LogP contribution in [0.15, 0.2) is 42.5 Å². The maximum absolute atomic E-state index is 12.0. The van der Waals surface area contributed by atoms with Crippen molar-refractivity contribution in [2.45, 2.75) is 0 Å². The third kappa shape index (κ3) is 5.86. The zero-order chi connectivity index (χ0) is 18.9. The smallest absolute Gasteiger partial charge is 0.344 e. The van der Waals surface area contributed by atoms with Gasteiger partial charge >= 0.3 is 5.97 Å². The van der Waals surface area contributed by atoms with Crippen molar-refractivity contribution in [2.75, 3.05) is 32.8 Å². The Morgan fingerprint density at radius 1 is 0.962 bits per heavy atom. The van der Waals surface area contributed by atoms with Crippen molar-refractivity contribution in [1.82, 2.24) is 0 Å². The Bertz CT molecular complexity index is 763. The van der Waals surface area contributed by atoms with Crippen LogP contribution in [0.2, 0.25) is 5.02 Å². The topological polar surface area (TPSA) is 83.1 Å². The van der Waals surface area contributed by atoms with E-state index in [9.17, 15) is 9.59 Å². The molecule has 0 saturated heterocycles. The van der Waals surface area contributed by atoms with Crippen LogP contribution in [0.1, 0.15) is 0 Å². The maximum Gasteiger partial charge on any atom is 0.344 e. The fourth-order valence-corrected chi connectivity index (χ4v) is 2.08. The predicted molar refractivity (Wildman–Crippen MR) is 96.1 cm³/mol. The monoisotopic (exact) mass is 379 g/mol. The van der Waals surface area contributed by atoms with E-state index in [1.165, 1.54) is 14.2 Å². The summed E-state index contributed by atoms with van der Waals surface area (Å²) in [6, 6.07) is 11.5. The molecule has 138 valence electrons. The minimum absolute atomic E-state index is 0.322. The van der Waals surface area contributed by atoms with Crippen LogP contribution in [0.5, 0.6) is 17.2 Å². The van der Waals surface area contributed by atoms with Crippen molar-refractivity contribution in [3.05, 3.63) is 47.5 Å². The van der Waals surface area contributed by atoms with Crippen LogP contribution < -0.4 is 19.5 Å². The van der Waals surface area contributed by atoms with Gasteiger partial charge in [0.2, 0.25) is 0 Å². The van der Waals surface area contributed by atoms with E-state index in [4.69, 9.17) is 30.5 Å². The second kappa shape index (κ2) is 9.53. The van der Waals surface area contributed by atoms with E-state index in [2.05, 4.69) is 5.32 Å². The molecule has 0 aliphatic heterocycles. The number of hydrogen-bond donors (Lipinski definition) is 1. The van der Waals surface area contributed by atoms with Gasteiger partial charge < -0.3 is 24.3 Å². The fourth-order valence-electron chi connectivity index (χ4n) is 1.96. The minimum atomic E-state index is -0.673. The summed E-state index contributed by atoms with van der Waals surface area (Å²) >= 11 is 5.76. The molecule has 1 amide bonds. The summed E-state index contributed by atoms with van der Waals surface area (Å²) in [5, 5.41) is 3.15. The summed E-state index contributed by atoms with van der Waals surface area (Å²) in [6.07, 6.45) is 0. The number of carbonyl (C=O) groups is 2. The molecule has 0 bridgehead atoms. The second-order valence-corrected chi connectivity index (χ2v) is 5.45. The summed E-state index contributed by atoms with van der Waals surface area (Å²) in [5.41, 5.74) is 0.408. The maximum atomic E-state index is 12.0. The number of hydrogen-bond acceptors (Lipinski definition) is 6. The molecule has 0 aliphatic carbocycles. The van der Waals surface area contributed by atoms with Gasteiger partial charge in [-0.15, -0.1) is 0 Å². The van der Waals surface area contributed by atoms with E-state index in [-0.39, 0.29) is 6.61 Å². The Morgan fingerprint density at radius 2 is 1.65 bits per heavy atom. The number of amides is 1. The van der Waals surface area contributed by atoms with Crippen molar-refractivity contribution in [1.29, 1.82) is 0 Å². The van der Waals surface area contributed by atoms with Crippen LogP contribution >= 0.6 is 11.6 Å². The van der Waals surface area contributed by atoms with Gasteiger partial charge in [-0.1, -0.05) is 11.6 Å². The quantitative estimate of drug-likeness (QED) is 0.710. The molecular weight excluding hydrogens is 362 g/mol. The Kier molecular flexibility index (Phi) is 7.11. The van der Waals surface area contributed by atoms with Gasteiger partial charge in [0.05, 0.1) is 19.9 Å². The van der Waals surface area contributed by atoms with Gasteiger partial charge in [-0.25, -0.2) is 4.79 Å². The molecule has 0 fully saturated rings. The highest BCUT2D eigenvalue weighted by molar-refractivity contribution is 6.30. The summed E-state index contributed by atoms with van der Waals surface area (Å²) in [7, 11) is 2.99. The number of rotatable bonds is 8. The molecule has 0 atom stereocenters. The lowest BCUT2D eigenvalue weighted by Gasteiger charge is -2.12. The number of anilines is 1. The Morgan fingerprint density at radius 3 is 2.31 bits per heavy atom. The first kappa shape index (κ1) is 19.4. The Balaban J connectivity index is 1.81. The highest BCUT2D eigenvalue weighted by atomic mass is 35.5. The molecule has 1 N–H and O–H groups in total. The number of esters is 1. The van der Waals surface area contributed by atoms with Gasteiger partial charge in [-0.2, -0.15) is 0 Å². The molecule has 0 saturated carbocycles. The van der Waals surface area contributed by atoms with Crippen molar-refractivity contribution in [2.24, 2.45) is 0 Å². The normalized spacial score (nSPS) is 9.96. The van der Waals surface area contributed by atoms with E-state index in [0.29, 0.717) is 28.0 Å². The summed E-state index contributed by atoms with van der Waals surface area (Å²) in [4.78, 5) is 23.6. The van der Waals surface area contributed by atoms with Crippen LogP contribution in [-0.4, -0.2) is 39.3 Å². The third-order valence-electron chi connectivity index (χ3n) is 3.22. The van der Waals surface area contributed by atoms with Gasteiger partial charge in [0, 0.05) is 11.1 Å². The molecule has 0 unspecified atom stereocenters. The van der Waals surface area contributed by atoms with Crippen molar-refractivity contribution in [3.63, 3.8) is 0 Å². The average molecular weight is 380 g/mol. The lowest BCUT2D eigenvalue weighted by Crippen LogP contribution is -2.23. The SMILES string of the molecule is COc1ccc(OC)c(NC(=O)COC(=O)COc2ccc(Cl)cc2)c1. The highest BCUT2D eigenvalue weighted by Gasteiger charge is 2.12. The average Bonchev–Trinajstić information content (AvgIpc) is 2.65. The van der Waals surface area contributed by atoms with Crippen molar-refractivity contribution in [3.8, 4) is 17.2 Å². The lowest BCUT2D eigenvalue weighted by atomic mass is 10.2. The van der Waals surface area contributed by atoms with E-state index in [0.717, 1.165) is 0 Å². The Labute approximate surface area is 155 Å². The van der Waals surface area contributed by atoms with E-state index in [1.54, 1.807) is 42.5 Å². The predicted octanol–water partition coefficient (Wildman–Crippen LogP) is 2.92. The number of ether oxygens (including phenoxy) is 4. The first-order valence-corrected chi connectivity index (χ1v) is 7.95. The molecule has 26 heavy (non-hydrogen) atoms. The summed E-state index contributed by atoms with van der Waals surface area (Å²) in [6.45, 7) is -0.777. The molecule has 8 heteroatoms. The van der Waals surface area contributed by atoms with Crippen molar-refractivity contribution >= 4 is 29.2 Å². The standard InChI is InChI=1S/C18H18ClNO6/c1-23-14-7-8-16(24-2)15(9-14)20-17(21)10-26-18(22)11-25-13-5-3-12(19)4-6-13/h3-9H,10-11H2,1-2H3,(H,20,21). The third-order valence-corrected chi connectivity index (χ3v) is 3.47. The lowest BCUT2D eigenvalue weighted by molar-refractivity contribution is -0.149. The number of benzene rings is 2. The van der Waals surface area contributed by atoms with Crippen LogP contribution in [0.3, 0.4) is 0 Å². The summed E-state index contributed by atoms with van der Waals surface area (Å²) in [5.74, 6) is 0.284. The molecule has 2 aromatic carbocycles. The van der Waals surface area contributed by atoms with E-state index >= 15 is 0 Å². The van der Waals surface area contributed by atoms with Crippen LogP contribution in [0.4, 0.5) is 5.69 Å². The molecule has 0 aliphatic rings. The van der Waals surface area contributed by atoms with Gasteiger partial charge in [-0.05, 0) is 36.4 Å². The number of methoxy groups -OCH3 is 2. The van der Waals surface area contributed by atoms with E-state index in [1.807, 2.05) is 0 Å². The van der Waals surface area contributed by atoms with E-state index < -0.39 is 18.5 Å². The molecule has 7 nitrogen and oxygen atoms in total. The fraction of sp³-hybridized carbons (Fsp3) is 0.222. The van der Waals surface area contributed by atoms with Gasteiger partial charge in [0.25, 0.3) is 5.91 Å². The van der Waals surface area contributed by atoms with Crippen LogP contribution in [-0.2, 0) is 14.3 Å². The van der Waals surface area contributed by atoms with Gasteiger partial charge in [0.1, 0.15) is 17.2 Å². The first-order chi connectivity index (χ1) is 12.5. The summed E-state index contributed by atoms with van der Waals surface area (Å²) < 4.78 is 20.4.